The monoisotopic (exact) mass is 426 g/mol. The Bertz CT molecular complexity index is 1260. The van der Waals surface area contributed by atoms with Crippen molar-refractivity contribution in [3.8, 4) is 22.8 Å². The predicted molar refractivity (Wildman–Crippen MR) is 106 cm³/mol. The lowest BCUT2D eigenvalue weighted by molar-refractivity contribution is -0.387. The van der Waals surface area contributed by atoms with Crippen LogP contribution in [0.25, 0.3) is 11.3 Å². The fourth-order valence-electron chi connectivity index (χ4n) is 3.00. The maximum Gasteiger partial charge on any atom is 0.306 e. The number of halogens is 1. The van der Waals surface area contributed by atoms with Gasteiger partial charge in [0.25, 0.3) is 5.56 Å². The van der Waals surface area contributed by atoms with Crippen LogP contribution in [0.5, 0.6) is 11.5 Å². The summed E-state index contributed by atoms with van der Waals surface area (Å²) in [6.45, 7) is 1.57. The summed E-state index contributed by atoms with van der Waals surface area (Å²) in [5.41, 5.74) is -0.192. The Hall–Kier alpha value is -4.28. The largest absolute Gasteiger partial charge is 0.454 e. The first-order chi connectivity index (χ1) is 14.8. The zero-order chi connectivity index (χ0) is 22.1. The summed E-state index contributed by atoms with van der Waals surface area (Å²) in [6, 6.07) is 9.88. The SMILES string of the molecule is CC(C(=O)Nc1ccc(F)c([N+](=O)[O-])c1)n1nc(-c2ccc3c(c2)OCO3)ccc1=O. The van der Waals surface area contributed by atoms with E-state index in [1.807, 2.05) is 0 Å². The van der Waals surface area contributed by atoms with Gasteiger partial charge in [-0.15, -0.1) is 0 Å². The Morgan fingerprint density at radius 2 is 1.97 bits per heavy atom. The zero-order valence-corrected chi connectivity index (χ0v) is 16.1. The molecule has 1 N–H and O–H groups in total. The number of ether oxygens (including phenoxy) is 2. The van der Waals surface area contributed by atoms with E-state index in [1.165, 1.54) is 25.1 Å². The molecule has 1 amide bonds. The Kier molecular flexibility index (Phi) is 5.07. The zero-order valence-electron chi connectivity index (χ0n) is 16.1. The molecule has 10 nitrogen and oxygen atoms in total. The first kappa shape index (κ1) is 20.0. The lowest BCUT2D eigenvalue weighted by Gasteiger charge is -2.15. The number of aromatic nitrogens is 2. The van der Waals surface area contributed by atoms with Gasteiger partial charge in [0, 0.05) is 23.4 Å². The van der Waals surface area contributed by atoms with Crippen LogP contribution >= 0.6 is 0 Å². The second kappa shape index (κ2) is 7.86. The van der Waals surface area contributed by atoms with Crippen molar-refractivity contribution in [3.05, 3.63) is 74.8 Å². The van der Waals surface area contributed by atoms with Gasteiger partial charge >= 0.3 is 5.69 Å². The number of nitro groups is 1. The minimum Gasteiger partial charge on any atom is -0.454 e. The molecule has 31 heavy (non-hydrogen) atoms. The first-order valence-electron chi connectivity index (χ1n) is 9.08. The Labute approximate surface area is 174 Å². The van der Waals surface area contributed by atoms with E-state index in [9.17, 15) is 24.1 Å². The number of nitro benzene ring substituents is 1. The van der Waals surface area contributed by atoms with Crippen molar-refractivity contribution in [2.45, 2.75) is 13.0 Å². The third kappa shape index (κ3) is 3.92. The molecule has 0 aliphatic carbocycles. The predicted octanol–water partition coefficient (Wildman–Crippen LogP) is 2.89. The summed E-state index contributed by atoms with van der Waals surface area (Å²) in [4.78, 5) is 34.9. The van der Waals surface area contributed by atoms with E-state index >= 15 is 0 Å². The van der Waals surface area contributed by atoms with Crippen LogP contribution in [0.4, 0.5) is 15.8 Å². The van der Waals surface area contributed by atoms with Crippen LogP contribution in [0.15, 0.2) is 53.3 Å². The minimum absolute atomic E-state index is 0.0184. The van der Waals surface area contributed by atoms with Crippen molar-refractivity contribution in [3.63, 3.8) is 0 Å². The van der Waals surface area contributed by atoms with E-state index in [-0.39, 0.29) is 12.5 Å². The number of rotatable bonds is 5. The normalized spacial score (nSPS) is 13.0. The average molecular weight is 426 g/mol. The van der Waals surface area contributed by atoms with Crippen molar-refractivity contribution in [2.24, 2.45) is 0 Å². The van der Waals surface area contributed by atoms with Crippen molar-refractivity contribution in [1.82, 2.24) is 9.78 Å². The number of nitrogens with one attached hydrogen (secondary N) is 1. The minimum atomic E-state index is -1.05. The van der Waals surface area contributed by atoms with Gasteiger partial charge in [-0.1, -0.05) is 0 Å². The molecule has 158 valence electrons. The fraction of sp³-hybridized carbons (Fsp3) is 0.150. The van der Waals surface area contributed by atoms with Gasteiger partial charge in [-0.3, -0.25) is 19.7 Å². The van der Waals surface area contributed by atoms with Crippen LogP contribution < -0.4 is 20.3 Å². The second-order valence-corrected chi connectivity index (χ2v) is 6.66. The molecule has 0 saturated heterocycles. The molecule has 3 aromatic rings. The van der Waals surface area contributed by atoms with Gasteiger partial charge in [0.1, 0.15) is 6.04 Å². The molecule has 0 bridgehead atoms. The highest BCUT2D eigenvalue weighted by atomic mass is 19.1. The highest BCUT2D eigenvalue weighted by molar-refractivity contribution is 5.93. The molecule has 2 aromatic carbocycles. The third-order valence-corrected chi connectivity index (χ3v) is 4.65. The van der Waals surface area contributed by atoms with Gasteiger partial charge in [0.15, 0.2) is 11.5 Å². The van der Waals surface area contributed by atoms with E-state index in [2.05, 4.69) is 10.4 Å². The Morgan fingerprint density at radius 3 is 2.74 bits per heavy atom. The molecule has 2 heterocycles. The number of carbonyl (C=O) groups excluding carboxylic acids is 1. The van der Waals surface area contributed by atoms with Crippen LogP contribution in [0.1, 0.15) is 13.0 Å². The van der Waals surface area contributed by atoms with Gasteiger partial charge in [-0.25, -0.2) is 4.68 Å². The molecule has 1 atom stereocenters. The fourth-order valence-corrected chi connectivity index (χ4v) is 3.00. The van der Waals surface area contributed by atoms with E-state index in [1.54, 1.807) is 18.2 Å². The molecule has 0 radical (unpaired) electrons. The number of nitrogens with zero attached hydrogens (tertiary/aromatic N) is 3. The Balaban J connectivity index is 1.60. The van der Waals surface area contributed by atoms with Crippen LogP contribution in [0, 0.1) is 15.9 Å². The van der Waals surface area contributed by atoms with Gasteiger partial charge in [-0.05, 0) is 43.3 Å². The number of hydrogen-bond donors (Lipinski definition) is 1. The highest BCUT2D eigenvalue weighted by Gasteiger charge is 2.21. The standard InChI is InChI=1S/C20H15FN4O6/c1-11(20(27)22-13-3-4-14(21)16(9-13)25(28)29)24-19(26)7-5-15(23-24)12-2-6-17-18(8-12)31-10-30-17/h2-9,11H,10H2,1H3,(H,22,27). The summed E-state index contributed by atoms with van der Waals surface area (Å²) in [7, 11) is 0. The Morgan fingerprint density at radius 1 is 1.19 bits per heavy atom. The topological polar surface area (TPSA) is 126 Å². The van der Waals surface area contributed by atoms with Gasteiger partial charge in [-0.2, -0.15) is 9.49 Å². The van der Waals surface area contributed by atoms with Gasteiger partial charge in [0.05, 0.1) is 10.6 Å². The quantitative estimate of drug-likeness (QED) is 0.491. The highest BCUT2D eigenvalue weighted by Crippen LogP contribution is 2.35. The maximum atomic E-state index is 13.5. The molecule has 1 aliphatic rings. The lowest BCUT2D eigenvalue weighted by atomic mass is 10.1. The maximum absolute atomic E-state index is 13.5. The summed E-state index contributed by atoms with van der Waals surface area (Å²) in [6.07, 6.45) is 0. The van der Waals surface area contributed by atoms with Crippen LogP contribution in [0.3, 0.4) is 0 Å². The smallest absolute Gasteiger partial charge is 0.306 e. The molecule has 0 spiro atoms. The van der Waals surface area contributed by atoms with E-state index in [4.69, 9.17) is 9.47 Å². The molecular weight excluding hydrogens is 411 g/mol. The van der Waals surface area contributed by atoms with Crippen molar-refractivity contribution in [2.75, 3.05) is 12.1 Å². The summed E-state index contributed by atoms with van der Waals surface area (Å²) >= 11 is 0. The summed E-state index contributed by atoms with van der Waals surface area (Å²) in [5.74, 6) is -0.539. The van der Waals surface area contributed by atoms with Crippen molar-refractivity contribution >= 4 is 17.3 Å². The van der Waals surface area contributed by atoms with Crippen LogP contribution in [-0.2, 0) is 4.79 Å². The molecule has 0 fully saturated rings. The average Bonchev–Trinajstić information content (AvgIpc) is 3.22. The number of anilines is 1. The van der Waals surface area contributed by atoms with Gasteiger partial charge < -0.3 is 14.8 Å². The summed E-state index contributed by atoms with van der Waals surface area (Å²) in [5, 5.41) is 17.6. The van der Waals surface area contributed by atoms with Crippen LogP contribution in [0.2, 0.25) is 0 Å². The number of hydrogen-bond acceptors (Lipinski definition) is 7. The second-order valence-electron chi connectivity index (χ2n) is 6.66. The molecular formula is C20H15FN4O6. The molecule has 1 aliphatic heterocycles. The van der Waals surface area contributed by atoms with E-state index in [0.29, 0.717) is 22.8 Å². The molecule has 4 rings (SSSR count). The summed E-state index contributed by atoms with van der Waals surface area (Å²) < 4.78 is 25.1. The molecule has 11 heteroatoms. The number of benzene rings is 2. The van der Waals surface area contributed by atoms with Crippen LogP contribution in [-0.4, -0.2) is 27.4 Å². The lowest BCUT2D eigenvalue weighted by Crippen LogP contribution is -2.33. The third-order valence-electron chi connectivity index (χ3n) is 4.65. The molecule has 1 unspecified atom stereocenters. The van der Waals surface area contributed by atoms with E-state index < -0.39 is 33.9 Å². The molecule has 0 saturated carbocycles. The van der Waals surface area contributed by atoms with E-state index in [0.717, 1.165) is 16.8 Å². The number of amides is 1. The molecule has 1 aromatic heterocycles. The van der Waals surface area contributed by atoms with Crippen molar-refractivity contribution in [1.29, 1.82) is 0 Å². The van der Waals surface area contributed by atoms with Crippen molar-refractivity contribution < 1.29 is 23.6 Å². The number of fused-ring (bicyclic) bond motifs is 1. The number of carbonyl (C=O) groups is 1. The van der Waals surface area contributed by atoms with Gasteiger partial charge in [0.2, 0.25) is 18.5 Å². The first-order valence-corrected chi connectivity index (χ1v) is 9.08.